The molecular formula is C5H9F3IN3. The van der Waals surface area contributed by atoms with E-state index in [2.05, 4.69) is 0 Å². The van der Waals surface area contributed by atoms with Gasteiger partial charge in [-0.15, -0.1) is 0 Å². The van der Waals surface area contributed by atoms with Crippen LogP contribution in [0.15, 0.2) is 11.9 Å². The molecule has 72 valence electrons. The first-order valence-electron chi connectivity index (χ1n) is 3.01. The lowest BCUT2D eigenvalue weighted by atomic mass is 10.3. The van der Waals surface area contributed by atoms with Crippen LogP contribution in [0.2, 0.25) is 0 Å². The van der Waals surface area contributed by atoms with Gasteiger partial charge in [0.15, 0.2) is 0 Å². The maximum Gasteiger partial charge on any atom is 0.400 e. The molecule has 0 aliphatic heterocycles. The van der Waals surface area contributed by atoms with Gasteiger partial charge in [0.2, 0.25) is 0 Å². The van der Waals surface area contributed by atoms with E-state index in [0.717, 1.165) is 0 Å². The van der Waals surface area contributed by atoms with Crippen LogP contribution in [0.25, 0.3) is 0 Å². The predicted molar refractivity (Wildman–Crippen MR) is 48.1 cm³/mol. The summed E-state index contributed by atoms with van der Waals surface area (Å²) in [6, 6.07) is 0. The van der Waals surface area contributed by atoms with Crippen LogP contribution < -0.4 is 17.0 Å². The summed E-state index contributed by atoms with van der Waals surface area (Å²) in [4.78, 5) is 0. The summed E-state index contributed by atoms with van der Waals surface area (Å²) in [5.41, 5.74) is 7.16. The van der Waals surface area contributed by atoms with Gasteiger partial charge in [-0.25, -0.2) is 5.84 Å². The molecule has 1 unspecified atom stereocenters. The molecule has 0 rings (SSSR count). The third-order valence-corrected chi connectivity index (χ3v) is 2.28. The smallest absolute Gasteiger partial charge is 0.385 e. The zero-order valence-corrected chi connectivity index (χ0v) is 8.19. The molecule has 0 radical (unpaired) electrons. The third-order valence-electron chi connectivity index (χ3n) is 1.07. The number of alkyl halides is 4. The lowest BCUT2D eigenvalue weighted by molar-refractivity contribution is -0.124. The summed E-state index contributed by atoms with van der Waals surface area (Å²) >= 11 is 1.30. The van der Waals surface area contributed by atoms with Gasteiger partial charge in [0.1, 0.15) is 9.75 Å². The number of hydrogen-bond acceptors (Lipinski definition) is 3. The molecule has 3 nitrogen and oxygen atoms in total. The molecule has 0 heterocycles. The molecule has 0 amide bonds. The summed E-state index contributed by atoms with van der Waals surface area (Å²) in [7, 11) is 0. The highest BCUT2D eigenvalue weighted by molar-refractivity contribution is 14.1. The van der Waals surface area contributed by atoms with Crippen LogP contribution in [0, 0.1) is 0 Å². The third kappa shape index (κ3) is 4.65. The van der Waals surface area contributed by atoms with E-state index in [1.807, 2.05) is 5.43 Å². The normalized spacial score (nSPS) is 15.9. The van der Waals surface area contributed by atoms with E-state index in [1.165, 1.54) is 28.7 Å². The Morgan fingerprint density at radius 2 is 2.08 bits per heavy atom. The van der Waals surface area contributed by atoms with Gasteiger partial charge in [0, 0.05) is 0 Å². The lowest BCUT2D eigenvalue weighted by Gasteiger charge is -2.11. The van der Waals surface area contributed by atoms with E-state index in [-0.39, 0.29) is 12.2 Å². The minimum atomic E-state index is -4.19. The molecule has 0 spiro atoms. The monoisotopic (exact) mass is 295 g/mol. The van der Waals surface area contributed by atoms with Gasteiger partial charge in [-0.1, -0.05) is 22.6 Å². The van der Waals surface area contributed by atoms with Crippen LogP contribution in [-0.4, -0.2) is 10.1 Å². The van der Waals surface area contributed by atoms with Crippen molar-refractivity contribution < 1.29 is 13.2 Å². The summed E-state index contributed by atoms with van der Waals surface area (Å²) in [5.74, 6) is 4.88. The fraction of sp³-hybridized carbons (Fsp3) is 0.600. The molecule has 0 aromatic rings. The van der Waals surface area contributed by atoms with Crippen molar-refractivity contribution in [2.24, 2.45) is 11.6 Å². The Kier molecular flexibility index (Phi) is 4.68. The Morgan fingerprint density at radius 1 is 1.58 bits per heavy atom. The van der Waals surface area contributed by atoms with Crippen LogP contribution in [0.4, 0.5) is 13.2 Å². The molecule has 0 saturated heterocycles. The van der Waals surface area contributed by atoms with Crippen LogP contribution in [0.3, 0.4) is 0 Å². The second-order valence-corrected chi connectivity index (χ2v) is 3.55. The van der Waals surface area contributed by atoms with Crippen molar-refractivity contribution in [2.75, 3.05) is 0 Å². The highest BCUT2D eigenvalue weighted by atomic mass is 127. The van der Waals surface area contributed by atoms with Gasteiger partial charge in [-0.3, -0.25) is 0 Å². The standard InChI is InChI=1S/C5H9F3IN3/c6-5(7,8)3(9)1-2-4(10)12-11/h2-3,12H,1,10-11H2/b4-2-. The van der Waals surface area contributed by atoms with Gasteiger partial charge in [0.25, 0.3) is 0 Å². The highest BCUT2D eigenvalue weighted by Crippen LogP contribution is 2.29. The highest BCUT2D eigenvalue weighted by Gasteiger charge is 2.36. The molecule has 0 bridgehead atoms. The summed E-state index contributed by atoms with van der Waals surface area (Å²) in [6.45, 7) is 0. The molecule has 0 aromatic carbocycles. The molecule has 0 fully saturated rings. The van der Waals surface area contributed by atoms with E-state index in [0.29, 0.717) is 0 Å². The maximum atomic E-state index is 11.9. The topological polar surface area (TPSA) is 64.1 Å². The number of nitrogens with one attached hydrogen (secondary N) is 1. The zero-order chi connectivity index (χ0) is 9.78. The van der Waals surface area contributed by atoms with Gasteiger partial charge < -0.3 is 11.2 Å². The van der Waals surface area contributed by atoms with Gasteiger partial charge >= 0.3 is 6.18 Å². The molecule has 12 heavy (non-hydrogen) atoms. The van der Waals surface area contributed by atoms with Crippen molar-refractivity contribution in [3.8, 4) is 0 Å². The minimum Gasteiger partial charge on any atom is -0.385 e. The first-order chi connectivity index (χ1) is 5.38. The van der Waals surface area contributed by atoms with Crippen LogP contribution >= 0.6 is 22.6 Å². The van der Waals surface area contributed by atoms with Gasteiger partial charge in [-0.2, -0.15) is 13.2 Å². The Hall–Kier alpha value is -0.180. The second-order valence-electron chi connectivity index (χ2n) is 2.05. The number of allylic oxidation sites excluding steroid dienone is 1. The summed E-state index contributed by atoms with van der Waals surface area (Å²) in [6.07, 6.45) is -3.17. The van der Waals surface area contributed by atoms with Crippen LogP contribution in [-0.2, 0) is 0 Å². The maximum absolute atomic E-state index is 11.9. The number of rotatable bonds is 3. The average molecular weight is 295 g/mol. The van der Waals surface area contributed by atoms with Gasteiger partial charge in [0.05, 0.1) is 0 Å². The SMILES string of the molecule is NN/C(N)=C\CC(I)C(F)(F)F. The lowest BCUT2D eigenvalue weighted by Crippen LogP contribution is -2.28. The Morgan fingerprint density at radius 3 is 2.42 bits per heavy atom. The summed E-state index contributed by atoms with van der Waals surface area (Å²) in [5, 5.41) is 0. The quantitative estimate of drug-likeness (QED) is 0.315. The van der Waals surface area contributed by atoms with Crippen molar-refractivity contribution in [1.82, 2.24) is 5.43 Å². The number of nitrogens with two attached hydrogens (primary N) is 2. The Balaban J connectivity index is 3.94. The number of halogens is 4. The average Bonchev–Trinajstić information content (AvgIpc) is 1.97. The Labute approximate surface area is 81.5 Å². The summed E-state index contributed by atoms with van der Waals surface area (Å²) < 4.78 is 34.2. The molecule has 0 saturated carbocycles. The van der Waals surface area contributed by atoms with Crippen molar-refractivity contribution in [3.63, 3.8) is 0 Å². The fourth-order valence-electron chi connectivity index (χ4n) is 0.423. The first-order valence-corrected chi connectivity index (χ1v) is 4.25. The van der Waals surface area contributed by atoms with E-state index < -0.39 is 10.1 Å². The predicted octanol–water partition coefficient (Wildman–Crippen LogP) is 1.01. The van der Waals surface area contributed by atoms with E-state index in [1.54, 1.807) is 0 Å². The minimum absolute atomic E-state index is 0.0425. The van der Waals surface area contributed by atoms with Crippen LogP contribution in [0.5, 0.6) is 0 Å². The Bertz CT molecular complexity index is 168. The molecule has 0 aromatic heterocycles. The molecule has 0 aliphatic rings. The van der Waals surface area contributed by atoms with Gasteiger partial charge in [-0.05, 0) is 12.5 Å². The van der Waals surface area contributed by atoms with Crippen LogP contribution in [0.1, 0.15) is 6.42 Å². The van der Waals surface area contributed by atoms with E-state index in [9.17, 15) is 13.2 Å². The largest absolute Gasteiger partial charge is 0.400 e. The van der Waals surface area contributed by atoms with E-state index in [4.69, 9.17) is 11.6 Å². The molecular weight excluding hydrogens is 286 g/mol. The van der Waals surface area contributed by atoms with Crippen molar-refractivity contribution in [3.05, 3.63) is 11.9 Å². The first kappa shape index (κ1) is 11.8. The molecule has 7 heteroatoms. The van der Waals surface area contributed by atoms with Crippen molar-refractivity contribution in [1.29, 1.82) is 0 Å². The van der Waals surface area contributed by atoms with Crippen molar-refractivity contribution >= 4 is 22.6 Å². The van der Waals surface area contributed by atoms with E-state index >= 15 is 0 Å². The molecule has 1 atom stereocenters. The number of hydrogen-bond donors (Lipinski definition) is 3. The van der Waals surface area contributed by atoms with Crippen molar-refractivity contribution in [2.45, 2.75) is 16.5 Å². The zero-order valence-electron chi connectivity index (χ0n) is 6.03. The fourth-order valence-corrected chi connectivity index (χ4v) is 0.677. The molecule has 5 N–H and O–H groups in total. The second kappa shape index (κ2) is 4.75. The number of hydrazine groups is 1. The molecule has 0 aliphatic carbocycles.